The van der Waals surface area contributed by atoms with Crippen molar-refractivity contribution < 1.29 is 0 Å². The summed E-state index contributed by atoms with van der Waals surface area (Å²) in [6, 6.07) is 1.98. The molecular weight excluding hydrogens is 194 g/mol. The minimum atomic E-state index is 0.444. The highest BCUT2D eigenvalue weighted by Crippen LogP contribution is 2.15. The molecule has 0 amide bonds. The first-order valence-electron chi connectivity index (χ1n) is 2.75. The van der Waals surface area contributed by atoms with Crippen LogP contribution in [0.15, 0.2) is 4.60 Å². The number of aryl methyl sites for hydroxylation is 1. The van der Waals surface area contributed by atoms with E-state index in [1.54, 1.807) is 0 Å². The van der Waals surface area contributed by atoms with E-state index in [0.29, 0.717) is 5.69 Å². The van der Waals surface area contributed by atoms with Gasteiger partial charge in [-0.1, -0.05) is 0 Å². The first kappa shape index (κ1) is 7.29. The zero-order valence-electron chi connectivity index (χ0n) is 5.72. The Morgan fingerprint density at radius 2 is 2.30 bits per heavy atom. The Kier molecular flexibility index (Phi) is 1.77. The van der Waals surface area contributed by atoms with Gasteiger partial charge in [0.2, 0.25) is 0 Å². The second-order valence-corrected chi connectivity index (χ2v) is 2.72. The van der Waals surface area contributed by atoms with Crippen molar-refractivity contribution in [2.45, 2.75) is 6.92 Å². The van der Waals surface area contributed by atoms with Crippen molar-refractivity contribution in [3.63, 3.8) is 0 Å². The fourth-order valence-electron chi connectivity index (χ4n) is 0.655. The Bertz CT molecular complexity index is 295. The van der Waals surface area contributed by atoms with E-state index in [1.165, 1.54) is 0 Å². The average Bonchev–Trinajstić information content (AvgIpc) is 2.17. The van der Waals surface area contributed by atoms with Crippen molar-refractivity contribution >= 4 is 15.9 Å². The molecule has 0 spiro atoms. The van der Waals surface area contributed by atoms with Crippen molar-refractivity contribution in [1.29, 1.82) is 5.26 Å². The summed E-state index contributed by atoms with van der Waals surface area (Å²) in [4.78, 5) is 3.98. The van der Waals surface area contributed by atoms with E-state index in [-0.39, 0.29) is 0 Å². The molecule has 0 N–H and O–H groups in total. The molecular formula is C6H6BrN3. The summed E-state index contributed by atoms with van der Waals surface area (Å²) in [6.07, 6.45) is 0. The predicted molar refractivity (Wildman–Crippen MR) is 40.4 cm³/mol. The van der Waals surface area contributed by atoms with Gasteiger partial charge in [-0.25, -0.2) is 4.98 Å². The molecule has 10 heavy (non-hydrogen) atoms. The van der Waals surface area contributed by atoms with Gasteiger partial charge in [-0.3, -0.25) is 0 Å². The molecule has 4 heteroatoms. The summed E-state index contributed by atoms with van der Waals surface area (Å²) in [5.41, 5.74) is 0.444. The van der Waals surface area contributed by atoms with Crippen LogP contribution in [0.1, 0.15) is 11.5 Å². The van der Waals surface area contributed by atoms with Gasteiger partial charge in [0.15, 0.2) is 5.69 Å². The molecule has 1 aromatic heterocycles. The van der Waals surface area contributed by atoms with E-state index in [2.05, 4.69) is 20.9 Å². The van der Waals surface area contributed by atoms with Crippen molar-refractivity contribution in [2.75, 3.05) is 0 Å². The third kappa shape index (κ3) is 0.929. The molecule has 0 bridgehead atoms. The third-order valence-corrected chi connectivity index (χ3v) is 2.26. The van der Waals surface area contributed by atoms with Crippen molar-refractivity contribution in [2.24, 2.45) is 7.05 Å². The zero-order valence-corrected chi connectivity index (χ0v) is 7.31. The van der Waals surface area contributed by atoms with Crippen LogP contribution in [-0.4, -0.2) is 9.55 Å². The lowest BCUT2D eigenvalue weighted by molar-refractivity contribution is 0.839. The fraction of sp³-hybridized carbons (Fsp3) is 0.333. The summed E-state index contributed by atoms with van der Waals surface area (Å²) >= 11 is 3.24. The van der Waals surface area contributed by atoms with E-state index in [4.69, 9.17) is 5.26 Å². The van der Waals surface area contributed by atoms with Gasteiger partial charge in [-0.05, 0) is 22.9 Å². The lowest BCUT2D eigenvalue weighted by atomic mass is 10.5. The number of halogens is 1. The molecule has 52 valence electrons. The predicted octanol–water partition coefficient (Wildman–Crippen LogP) is 1.36. The zero-order chi connectivity index (χ0) is 7.72. The number of nitriles is 1. The van der Waals surface area contributed by atoms with Crippen LogP contribution in [0.2, 0.25) is 0 Å². The Hall–Kier alpha value is -0.820. The molecule has 0 saturated heterocycles. The Balaban J connectivity index is 3.34. The number of rotatable bonds is 0. The van der Waals surface area contributed by atoms with Crippen molar-refractivity contribution in [3.8, 4) is 6.07 Å². The molecule has 1 rings (SSSR count). The maximum absolute atomic E-state index is 8.50. The Labute approximate surface area is 67.4 Å². The van der Waals surface area contributed by atoms with Gasteiger partial charge in [0.25, 0.3) is 0 Å². The number of aromatic nitrogens is 2. The quantitative estimate of drug-likeness (QED) is 0.634. The first-order chi connectivity index (χ1) is 4.66. The van der Waals surface area contributed by atoms with Crippen LogP contribution in [0, 0.1) is 18.3 Å². The average molecular weight is 200 g/mol. The summed E-state index contributed by atoms with van der Waals surface area (Å²) in [5, 5.41) is 8.50. The minimum absolute atomic E-state index is 0.444. The van der Waals surface area contributed by atoms with Crippen LogP contribution in [0.4, 0.5) is 0 Å². The van der Waals surface area contributed by atoms with Crippen LogP contribution in [0.3, 0.4) is 0 Å². The topological polar surface area (TPSA) is 41.6 Å². The highest BCUT2D eigenvalue weighted by Gasteiger charge is 2.06. The fourth-order valence-corrected chi connectivity index (χ4v) is 1.09. The van der Waals surface area contributed by atoms with Gasteiger partial charge >= 0.3 is 0 Å². The molecule has 0 fully saturated rings. The molecule has 0 radical (unpaired) electrons. The second kappa shape index (κ2) is 2.43. The molecule has 0 aromatic carbocycles. The van der Waals surface area contributed by atoms with Gasteiger partial charge in [0.05, 0.1) is 0 Å². The van der Waals surface area contributed by atoms with E-state index in [0.717, 1.165) is 10.4 Å². The normalized spacial score (nSPS) is 9.40. The van der Waals surface area contributed by atoms with E-state index in [9.17, 15) is 0 Å². The van der Waals surface area contributed by atoms with Crippen LogP contribution >= 0.6 is 15.9 Å². The van der Waals surface area contributed by atoms with Crippen LogP contribution in [0.25, 0.3) is 0 Å². The van der Waals surface area contributed by atoms with E-state index >= 15 is 0 Å². The number of hydrogen-bond donors (Lipinski definition) is 0. The Morgan fingerprint density at radius 1 is 1.70 bits per heavy atom. The summed E-state index contributed by atoms with van der Waals surface area (Å²) in [6.45, 7) is 1.85. The molecule has 0 aliphatic carbocycles. The maximum Gasteiger partial charge on any atom is 0.173 e. The minimum Gasteiger partial charge on any atom is -0.325 e. The molecule has 0 aliphatic rings. The van der Waals surface area contributed by atoms with Crippen molar-refractivity contribution in [3.05, 3.63) is 16.1 Å². The Morgan fingerprint density at radius 3 is 2.50 bits per heavy atom. The number of nitrogens with zero attached hydrogens (tertiary/aromatic N) is 3. The maximum atomic E-state index is 8.50. The smallest absolute Gasteiger partial charge is 0.173 e. The van der Waals surface area contributed by atoms with Crippen LogP contribution < -0.4 is 0 Å². The second-order valence-electron chi connectivity index (χ2n) is 1.97. The van der Waals surface area contributed by atoms with Crippen LogP contribution in [-0.2, 0) is 7.05 Å². The molecule has 1 heterocycles. The molecule has 1 aromatic rings. The summed E-state index contributed by atoms with van der Waals surface area (Å²) in [7, 11) is 1.85. The standard InChI is InChI=1S/C6H6BrN3/c1-4-9-5(3-8)6(7)10(4)2/h1-2H3. The molecule has 0 unspecified atom stereocenters. The molecule has 0 aliphatic heterocycles. The highest BCUT2D eigenvalue weighted by atomic mass is 79.9. The lowest BCUT2D eigenvalue weighted by Crippen LogP contribution is -1.89. The first-order valence-corrected chi connectivity index (χ1v) is 3.55. The van der Waals surface area contributed by atoms with Gasteiger partial charge in [-0.2, -0.15) is 5.26 Å². The highest BCUT2D eigenvalue weighted by molar-refractivity contribution is 9.10. The number of imidazole rings is 1. The molecule has 3 nitrogen and oxygen atoms in total. The summed E-state index contributed by atoms with van der Waals surface area (Å²) < 4.78 is 2.56. The van der Waals surface area contributed by atoms with E-state index < -0.39 is 0 Å². The molecule has 0 saturated carbocycles. The summed E-state index contributed by atoms with van der Waals surface area (Å²) in [5.74, 6) is 0.837. The monoisotopic (exact) mass is 199 g/mol. The SMILES string of the molecule is Cc1nc(C#N)c(Br)n1C. The van der Waals surface area contributed by atoms with Gasteiger partial charge in [0, 0.05) is 7.05 Å². The molecule has 0 atom stereocenters. The lowest BCUT2D eigenvalue weighted by Gasteiger charge is -1.92. The largest absolute Gasteiger partial charge is 0.325 e. The van der Waals surface area contributed by atoms with Crippen molar-refractivity contribution in [1.82, 2.24) is 9.55 Å². The van der Waals surface area contributed by atoms with Gasteiger partial charge in [0.1, 0.15) is 16.5 Å². The van der Waals surface area contributed by atoms with Crippen LogP contribution in [0.5, 0.6) is 0 Å². The van der Waals surface area contributed by atoms with Gasteiger partial charge in [-0.15, -0.1) is 0 Å². The third-order valence-electron chi connectivity index (χ3n) is 1.35. The van der Waals surface area contributed by atoms with E-state index in [1.807, 2.05) is 24.6 Å². The number of hydrogen-bond acceptors (Lipinski definition) is 2. The van der Waals surface area contributed by atoms with Gasteiger partial charge < -0.3 is 4.57 Å².